The van der Waals surface area contributed by atoms with Crippen LogP contribution in [0.5, 0.6) is 0 Å². The van der Waals surface area contributed by atoms with Crippen molar-refractivity contribution in [3.8, 4) is 0 Å². The second kappa shape index (κ2) is 2.79. The smallest absolute Gasteiger partial charge is 0.277 e. The number of hydrogen-bond acceptors (Lipinski definition) is 2. The molecule has 64 valence electrons. The van der Waals surface area contributed by atoms with E-state index in [4.69, 9.17) is 5.73 Å². The fraction of sp³-hybridized carbons (Fsp3) is 0.857. The van der Waals surface area contributed by atoms with E-state index in [1.54, 1.807) is 0 Å². The van der Waals surface area contributed by atoms with Gasteiger partial charge in [0.15, 0.2) is 6.04 Å². The lowest BCUT2D eigenvalue weighted by Crippen LogP contribution is -2.64. The van der Waals surface area contributed by atoms with Gasteiger partial charge in [-0.05, 0) is 0 Å². The first-order valence-electron chi connectivity index (χ1n) is 3.87. The number of likely N-dealkylation sites (N-methyl/N-ethyl adjacent to an activating group) is 1. The highest BCUT2D eigenvalue weighted by molar-refractivity contribution is 5.79. The zero-order valence-electron chi connectivity index (χ0n) is 7.13. The summed E-state index contributed by atoms with van der Waals surface area (Å²) in [6.45, 7) is 2.65. The average molecular weight is 158 g/mol. The number of carbonyl (C=O) groups is 1. The third kappa shape index (κ3) is 1.70. The second-order valence-electron chi connectivity index (χ2n) is 3.62. The van der Waals surface area contributed by atoms with E-state index in [0.717, 1.165) is 13.1 Å². The van der Waals surface area contributed by atoms with Crippen LogP contribution in [0.4, 0.5) is 0 Å². The van der Waals surface area contributed by atoms with Crippen molar-refractivity contribution in [2.75, 3.05) is 33.7 Å². The molecular formula is C7H16N3O+. The van der Waals surface area contributed by atoms with Crippen LogP contribution in [0.3, 0.4) is 0 Å². The Labute approximate surface area is 66.9 Å². The van der Waals surface area contributed by atoms with E-state index < -0.39 is 0 Å². The normalized spacial score (nSPS) is 29.8. The van der Waals surface area contributed by atoms with Crippen molar-refractivity contribution in [2.24, 2.45) is 5.73 Å². The van der Waals surface area contributed by atoms with Gasteiger partial charge in [0.1, 0.15) is 0 Å². The minimum absolute atomic E-state index is 0.0660. The van der Waals surface area contributed by atoms with Gasteiger partial charge >= 0.3 is 0 Å². The van der Waals surface area contributed by atoms with Crippen LogP contribution < -0.4 is 11.1 Å². The molecule has 4 nitrogen and oxygen atoms in total. The predicted molar refractivity (Wildman–Crippen MR) is 42.8 cm³/mol. The number of primary amides is 1. The number of amides is 1. The number of nitrogens with zero attached hydrogens (tertiary/aromatic N) is 1. The molecule has 0 spiro atoms. The maximum Gasteiger partial charge on any atom is 0.277 e. The van der Waals surface area contributed by atoms with Gasteiger partial charge in [0, 0.05) is 6.54 Å². The van der Waals surface area contributed by atoms with Gasteiger partial charge in [-0.15, -0.1) is 0 Å². The summed E-state index contributed by atoms with van der Waals surface area (Å²) in [6, 6.07) is -0.0660. The second-order valence-corrected chi connectivity index (χ2v) is 3.62. The molecule has 3 N–H and O–H groups in total. The molecule has 1 unspecified atom stereocenters. The van der Waals surface area contributed by atoms with E-state index >= 15 is 0 Å². The van der Waals surface area contributed by atoms with Gasteiger partial charge in [-0.1, -0.05) is 0 Å². The Balaban J connectivity index is 2.67. The Morgan fingerprint density at radius 3 is 2.64 bits per heavy atom. The van der Waals surface area contributed by atoms with Crippen molar-refractivity contribution < 1.29 is 9.28 Å². The van der Waals surface area contributed by atoms with E-state index in [1.165, 1.54) is 0 Å². The molecule has 0 aromatic heterocycles. The minimum atomic E-state index is -0.206. The summed E-state index contributed by atoms with van der Waals surface area (Å²) >= 11 is 0. The summed E-state index contributed by atoms with van der Waals surface area (Å²) in [5.41, 5.74) is 5.25. The largest absolute Gasteiger partial charge is 0.364 e. The van der Waals surface area contributed by atoms with Gasteiger partial charge in [-0.2, -0.15) is 0 Å². The molecule has 0 aromatic carbocycles. The molecule has 1 amide bonds. The Morgan fingerprint density at radius 2 is 2.27 bits per heavy atom. The monoisotopic (exact) mass is 158 g/mol. The molecule has 4 heteroatoms. The fourth-order valence-electron chi connectivity index (χ4n) is 1.45. The number of rotatable bonds is 1. The molecule has 1 aliphatic heterocycles. The highest BCUT2D eigenvalue weighted by Crippen LogP contribution is 2.08. The molecule has 1 aliphatic rings. The van der Waals surface area contributed by atoms with Crippen LogP contribution in [-0.2, 0) is 4.79 Å². The van der Waals surface area contributed by atoms with E-state index in [-0.39, 0.29) is 11.9 Å². The van der Waals surface area contributed by atoms with Crippen molar-refractivity contribution in [2.45, 2.75) is 6.04 Å². The number of nitrogens with one attached hydrogen (secondary N) is 1. The third-order valence-electron chi connectivity index (χ3n) is 2.37. The minimum Gasteiger partial charge on any atom is -0.364 e. The zero-order chi connectivity index (χ0) is 8.48. The van der Waals surface area contributed by atoms with E-state index in [9.17, 15) is 4.79 Å². The van der Waals surface area contributed by atoms with Gasteiger partial charge in [0.05, 0.1) is 27.2 Å². The van der Waals surface area contributed by atoms with Crippen LogP contribution in [0, 0.1) is 0 Å². The number of hydrogen-bond donors (Lipinski definition) is 2. The quantitative estimate of drug-likeness (QED) is 0.457. The molecule has 1 rings (SSSR count). The van der Waals surface area contributed by atoms with E-state index in [1.807, 2.05) is 14.1 Å². The van der Waals surface area contributed by atoms with Crippen LogP contribution in [0.1, 0.15) is 0 Å². The first-order chi connectivity index (χ1) is 5.04. The van der Waals surface area contributed by atoms with E-state index in [0.29, 0.717) is 11.0 Å². The zero-order valence-corrected chi connectivity index (χ0v) is 7.13. The lowest BCUT2D eigenvalue weighted by Gasteiger charge is -2.39. The molecule has 1 fully saturated rings. The Bertz CT molecular complexity index is 167. The summed E-state index contributed by atoms with van der Waals surface area (Å²) in [5, 5.41) is 3.16. The summed E-state index contributed by atoms with van der Waals surface area (Å²) in [6.07, 6.45) is 0. The molecule has 0 saturated carbocycles. The molecule has 0 aromatic rings. The van der Waals surface area contributed by atoms with Crippen molar-refractivity contribution in [1.29, 1.82) is 0 Å². The maximum absolute atomic E-state index is 10.9. The standard InChI is InChI=1S/C7H15N3O/c1-10(2)4-3-9-5-6(10)7(8)11/h6,9H,3-5H2,1-2H3,(H-,8,11)/p+1. The Hall–Kier alpha value is -0.610. The highest BCUT2D eigenvalue weighted by Gasteiger charge is 2.35. The van der Waals surface area contributed by atoms with Gasteiger partial charge in [0.25, 0.3) is 5.91 Å². The van der Waals surface area contributed by atoms with Crippen molar-refractivity contribution in [1.82, 2.24) is 5.32 Å². The average Bonchev–Trinajstić information content (AvgIpc) is 1.85. The van der Waals surface area contributed by atoms with Crippen LogP contribution >= 0.6 is 0 Å². The summed E-state index contributed by atoms with van der Waals surface area (Å²) in [7, 11) is 4.08. The topological polar surface area (TPSA) is 55.1 Å². The highest BCUT2D eigenvalue weighted by atomic mass is 16.1. The molecule has 11 heavy (non-hydrogen) atoms. The molecule has 1 heterocycles. The van der Waals surface area contributed by atoms with Crippen LogP contribution in [0.25, 0.3) is 0 Å². The van der Waals surface area contributed by atoms with Gasteiger partial charge in [-0.3, -0.25) is 4.79 Å². The van der Waals surface area contributed by atoms with Crippen LogP contribution in [0.2, 0.25) is 0 Å². The molecule has 1 atom stereocenters. The first kappa shape index (κ1) is 8.49. The SMILES string of the molecule is C[N+]1(C)CCNCC1C(N)=O. The molecule has 0 radical (unpaired) electrons. The Kier molecular flexibility index (Phi) is 2.15. The summed E-state index contributed by atoms with van der Waals surface area (Å²) < 4.78 is 0.711. The molecule has 0 bridgehead atoms. The summed E-state index contributed by atoms with van der Waals surface area (Å²) in [4.78, 5) is 10.9. The molecule has 0 aliphatic carbocycles. The van der Waals surface area contributed by atoms with Crippen LogP contribution in [0.15, 0.2) is 0 Å². The lowest BCUT2D eigenvalue weighted by atomic mass is 10.1. The molecule has 1 saturated heterocycles. The third-order valence-corrected chi connectivity index (χ3v) is 2.37. The Morgan fingerprint density at radius 1 is 1.64 bits per heavy atom. The van der Waals surface area contributed by atoms with Gasteiger partial charge in [-0.25, -0.2) is 0 Å². The van der Waals surface area contributed by atoms with Crippen molar-refractivity contribution in [3.05, 3.63) is 0 Å². The number of quaternary nitrogens is 1. The fourth-order valence-corrected chi connectivity index (χ4v) is 1.45. The number of nitrogens with two attached hydrogens (primary N) is 1. The molecular weight excluding hydrogens is 142 g/mol. The summed E-state index contributed by atoms with van der Waals surface area (Å²) in [5.74, 6) is -0.206. The van der Waals surface area contributed by atoms with Crippen molar-refractivity contribution in [3.63, 3.8) is 0 Å². The van der Waals surface area contributed by atoms with Crippen LogP contribution in [-0.4, -0.2) is 50.2 Å². The van der Waals surface area contributed by atoms with Crippen molar-refractivity contribution >= 4 is 5.91 Å². The van der Waals surface area contributed by atoms with E-state index in [2.05, 4.69) is 5.32 Å². The maximum atomic E-state index is 10.9. The number of carbonyl (C=O) groups excluding carboxylic acids is 1. The predicted octanol–water partition coefficient (Wildman–Crippen LogP) is -1.48. The van der Waals surface area contributed by atoms with Gasteiger partial charge < -0.3 is 15.5 Å². The lowest BCUT2D eigenvalue weighted by molar-refractivity contribution is -0.907. The number of piperazine rings is 1. The van der Waals surface area contributed by atoms with Gasteiger partial charge in [0.2, 0.25) is 0 Å². The first-order valence-corrected chi connectivity index (χ1v) is 3.87.